The predicted octanol–water partition coefficient (Wildman–Crippen LogP) is 0.874. The van der Waals surface area contributed by atoms with E-state index in [0.29, 0.717) is 0 Å². The fourth-order valence-corrected chi connectivity index (χ4v) is 2.25. The molecule has 0 aliphatic carbocycles. The first-order chi connectivity index (χ1) is 9.77. The van der Waals surface area contributed by atoms with Crippen molar-refractivity contribution in [1.82, 2.24) is 0 Å². The van der Waals surface area contributed by atoms with Crippen LogP contribution in [0.5, 0.6) is 5.75 Å². The van der Waals surface area contributed by atoms with Crippen LogP contribution in [0.25, 0.3) is 0 Å². The van der Waals surface area contributed by atoms with E-state index in [2.05, 4.69) is 5.32 Å². The molecule has 0 bridgehead atoms. The van der Waals surface area contributed by atoms with Gasteiger partial charge >= 0.3 is 0 Å². The first-order valence-electron chi connectivity index (χ1n) is 5.80. The van der Waals surface area contributed by atoms with Crippen LogP contribution < -0.4 is 16.2 Å². The molecule has 0 unspecified atom stereocenters. The molecule has 0 atom stereocenters. The Kier molecular flexibility index (Phi) is 3.83. The highest BCUT2D eigenvalue weighted by molar-refractivity contribution is 7.89. The van der Waals surface area contributed by atoms with Crippen molar-refractivity contribution in [1.29, 1.82) is 0 Å². The summed E-state index contributed by atoms with van der Waals surface area (Å²) in [5.74, 6) is -0.678. The lowest BCUT2D eigenvalue weighted by Gasteiger charge is -2.09. The van der Waals surface area contributed by atoms with Gasteiger partial charge in [0.1, 0.15) is 5.75 Å². The lowest BCUT2D eigenvalue weighted by molar-refractivity contribution is 0.102. The Bertz CT molecular complexity index is 803. The zero-order valence-corrected chi connectivity index (χ0v) is 11.6. The van der Waals surface area contributed by atoms with Gasteiger partial charge in [-0.05, 0) is 36.4 Å². The highest BCUT2D eigenvalue weighted by atomic mass is 32.2. The molecule has 21 heavy (non-hydrogen) atoms. The third kappa shape index (κ3) is 3.50. The minimum absolute atomic E-state index is 0.0796. The van der Waals surface area contributed by atoms with Crippen LogP contribution in [-0.2, 0) is 10.0 Å². The number of anilines is 2. The minimum Gasteiger partial charge on any atom is -0.508 e. The normalized spacial score (nSPS) is 11.1. The SMILES string of the molecule is Nc1ccc(O)cc1C(=O)Nc1cccc(S(N)(=O)=O)c1. The Balaban J connectivity index is 2.30. The van der Waals surface area contributed by atoms with Gasteiger partial charge in [-0.25, -0.2) is 13.6 Å². The first-order valence-corrected chi connectivity index (χ1v) is 7.35. The fraction of sp³-hybridized carbons (Fsp3) is 0. The van der Waals surface area contributed by atoms with E-state index >= 15 is 0 Å². The van der Waals surface area contributed by atoms with Gasteiger partial charge in [-0.3, -0.25) is 4.79 Å². The summed E-state index contributed by atoms with van der Waals surface area (Å²) in [5, 5.41) is 16.9. The van der Waals surface area contributed by atoms with Crippen LogP contribution in [0, 0.1) is 0 Å². The van der Waals surface area contributed by atoms with Crippen molar-refractivity contribution in [2.75, 3.05) is 11.1 Å². The zero-order chi connectivity index (χ0) is 15.6. The Morgan fingerprint density at radius 1 is 1.14 bits per heavy atom. The van der Waals surface area contributed by atoms with E-state index in [9.17, 15) is 18.3 Å². The van der Waals surface area contributed by atoms with Crippen LogP contribution in [0.3, 0.4) is 0 Å². The summed E-state index contributed by atoms with van der Waals surface area (Å²) in [7, 11) is -3.86. The molecule has 0 spiro atoms. The van der Waals surface area contributed by atoms with Crippen molar-refractivity contribution in [3.05, 3.63) is 48.0 Å². The number of aromatic hydroxyl groups is 1. The number of phenols is 1. The summed E-state index contributed by atoms with van der Waals surface area (Å²) in [4.78, 5) is 11.9. The average Bonchev–Trinajstić information content (AvgIpc) is 2.41. The number of nitrogen functional groups attached to an aromatic ring is 1. The lowest BCUT2D eigenvalue weighted by atomic mass is 10.1. The molecule has 2 aromatic carbocycles. The van der Waals surface area contributed by atoms with Crippen molar-refractivity contribution in [2.24, 2.45) is 5.14 Å². The van der Waals surface area contributed by atoms with Gasteiger partial charge in [0, 0.05) is 11.4 Å². The van der Waals surface area contributed by atoms with Crippen LogP contribution in [0.2, 0.25) is 0 Å². The van der Waals surface area contributed by atoms with Gasteiger partial charge in [0.2, 0.25) is 10.0 Å². The number of carbonyl (C=O) groups excluding carboxylic acids is 1. The molecule has 0 saturated heterocycles. The number of sulfonamides is 1. The predicted molar refractivity (Wildman–Crippen MR) is 78.3 cm³/mol. The second-order valence-electron chi connectivity index (χ2n) is 4.30. The van der Waals surface area contributed by atoms with Crippen LogP contribution >= 0.6 is 0 Å². The summed E-state index contributed by atoms with van der Waals surface area (Å²) >= 11 is 0. The highest BCUT2D eigenvalue weighted by Gasteiger charge is 2.13. The molecule has 2 aromatic rings. The van der Waals surface area contributed by atoms with E-state index in [1.54, 1.807) is 0 Å². The van der Waals surface area contributed by atoms with Gasteiger partial charge in [0.05, 0.1) is 10.5 Å². The van der Waals surface area contributed by atoms with Crippen LogP contribution in [-0.4, -0.2) is 19.4 Å². The molecule has 0 radical (unpaired) electrons. The van der Waals surface area contributed by atoms with E-state index in [1.807, 2.05) is 0 Å². The van der Waals surface area contributed by atoms with E-state index in [-0.39, 0.29) is 27.6 Å². The largest absolute Gasteiger partial charge is 0.508 e. The van der Waals surface area contributed by atoms with Crippen LogP contribution in [0.1, 0.15) is 10.4 Å². The van der Waals surface area contributed by atoms with Crippen molar-refractivity contribution in [3.63, 3.8) is 0 Å². The Morgan fingerprint density at radius 2 is 1.86 bits per heavy atom. The molecule has 0 heterocycles. The molecule has 7 nitrogen and oxygen atoms in total. The number of rotatable bonds is 3. The monoisotopic (exact) mass is 307 g/mol. The van der Waals surface area contributed by atoms with Gasteiger partial charge < -0.3 is 16.2 Å². The molecule has 0 aliphatic heterocycles. The van der Waals surface area contributed by atoms with Gasteiger partial charge in [-0.15, -0.1) is 0 Å². The number of phenolic OH excluding ortho intramolecular Hbond substituents is 1. The lowest BCUT2D eigenvalue weighted by Crippen LogP contribution is -2.15. The Morgan fingerprint density at radius 3 is 2.52 bits per heavy atom. The van der Waals surface area contributed by atoms with E-state index < -0.39 is 15.9 Å². The fourth-order valence-electron chi connectivity index (χ4n) is 1.69. The topological polar surface area (TPSA) is 136 Å². The summed E-state index contributed by atoms with van der Waals surface area (Å²) in [6, 6.07) is 9.46. The van der Waals surface area contributed by atoms with Crippen molar-refractivity contribution in [3.8, 4) is 5.75 Å². The van der Waals surface area contributed by atoms with Gasteiger partial charge in [0.15, 0.2) is 0 Å². The maximum absolute atomic E-state index is 12.1. The van der Waals surface area contributed by atoms with Gasteiger partial charge in [-0.1, -0.05) is 6.07 Å². The molecule has 0 aromatic heterocycles. The average molecular weight is 307 g/mol. The molecule has 2 rings (SSSR count). The molecular formula is C13H13N3O4S. The maximum Gasteiger partial charge on any atom is 0.257 e. The molecule has 110 valence electrons. The summed E-state index contributed by atoms with van der Waals surface area (Å²) in [5.41, 5.74) is 6.17. The quantitative estimate of drug-likeness (QED) is 0.493. The van der Waals surface area contributed by atoms with Gasteiger partial charge in [0.25, 0.3) is 5.91 Å². The third-order valence-corrected chi connectivity index (χ3v) is 3.61. The molecule has 6 N–H and O–H groups in total. The number of primary sulfonamides is 1. The standard InChI is InChI=1S/C13H13N3O4S/c14-12-5-4-9(17)7-11(12)13(18)16-8-2-1-3-10(6-8)21(15,19)20/h1-7,17H,14H2,(H,16,18)(H2,15,19,20). The zero-order valence-electron chi connectivity index (χ0n) is 10.8. The summed E-state index contributed by atoms with van der Waals surface area (Å²) < 4.78 is 22.5. The minimum atomic E-state index is -3.86. The first kappa shape index (κ1) is 14.8. The second-order valence-corrected chi connectivity index (χ2v) is 5.86. The van der Waals surface area contributed by atoms with Crippen LogP contribution in [0.4, 0.5) is 11.4 Å². The van der Waals surface area contributed by atoms with Crippen molar-refractivity contribution in [2.45, 2.75) is 4.90 Å². The van der Waals surface area contributed by atoms with E-state index in [1.165, 1.54) is 42.5 Å². The number of hydrogen-bond acceptors (Lipinski definition) is 5. The summed E-state index contributed by atoms with van der Waals surface area (Å²) in [6.07, 6.45) is 0. The molecular weight excluding hydrogens is 294 g/mol. The van der Waals surface area contributed by atoms with Crippen molar-refractivity contribution < 1.29 is 18.3 Å². The second kappa shape index (κ2) is 5.43. The highest BCUT2D eigenvalue weighted by Crippen LogP contribution is 2.21. The summed E-state index contributed by atoms with van der Waals surface area (Å²) in [6.45, 7) is 0. The number of benzene rings is 2. The number of nitrogens with two attached hydrogens (primary N) is 2. The molecule has 1 amide bonds. The molecule has 8 heteroatoms. The number of hydrogen-bond donors (Lipinski definition) is 4. The number of amides is 1. The Labute approximate surface area is 121 Å². The number of carbonyl (C=O) groups is 1. The van der Waals surface area contributed by atoms with Gasteiger partial charge in [-0.2, -0.15) is 0 Å². The van der Waals surface area contributed by atoms with Crippen molar-refractivity contribution >= 4 is 27.3 Å². The molecule has 0 saturated carbocycles. The van der Waals surface area contributed by atoms with Crippen LogP contribution in [0.15, 0.2) is 47.4 Å². The number of nitrogens with one attached hydrogen (secondary N) is 1. The maximum atomic E-state index is 12.1. The molecule has 0 aliphatic rings. The Hall–Kier alpha value is -2.58. The molecule has 0 fully saturated rings. The van der Waals surface area contributed by atoms with E-state index in [4.69, 9.17) is 10.9 Å². The third-order valence-electron chi connectivity index (χ3n) is 2.70. The van der Waals surface area contributed by atoms with E-state index in [0.717, 1.165) is 0 Å². The smallest absolute Gasteiger partial charge is 0.257 e.